The average molecular weight is 272 g/mol. The van der Waals surface area contributed by atoms with Gasteiger partial charge in [-0.2, -0.15) is 0 Å². The normalized spacial score (nSPS) is 9.32. The van der Waals surface area contributed by atoms with Crippen LogP contribution in [-0.2, 0) is 0 Å². The SMILES string of the molecule is O=C(NCC#Cc1ccccc1Cl)c1cnccn1. The summed E-state index contributed by atoms with van der Waals surface area (Å²) in [5.41, 5.74) is 1.000. The molecule has 5 heteroatoms. The Morgan fingerprint density at radius 3 is 2.89 bits per heavy atom. The largest absolute Gasteiger partial charge is 0.340 e. The molecule has 0 unspecified atom stereocenters. The summed E-state index contributed by atoms with van der Waals surface area (Å²) in [6.45, 7) is 0.223. The molecule has 1 amide bonds. The smallest absolute Gasteiger partial charge is 0.272 e. The molecule has 1 aromatic heterocycles. The number of benzene rings is 1. The second kappa shape index (κ2) is 6.53. The molecular formula is C14H10ClN3O. The van der Waals surface area contributed by atoms with Crippen molar-refractivity contribution in [3.63, 3.8) is 0 Å². The summed E-state index contributed by atoms with van der Waals surface area (Å²) >= 11 is 5.95. The zero-order valence-electron chi connectivity index (χ0n) is 9.93. The molecule has 0 spiro atoms. The van der Waals surface area contributed by atoms with Crippen LogP contribution in [-0.4, -0.2) is 22.4 Å². The van der Waals surface area contributed by atoms with Crippen LogP contribution >= 0.6 is 11.6 Å². The standard InChI is InChI=1S/C14H10ClN3O/c15-12-6-2-1-4-11(12)5-3-7-18-14(19)13-10-16-8-9-17-13/h1-2,4,6,8-10H,7H2,(H,18,19). The van der Waals surface area contributed by atoms with Crippen molar-refractivity contribution in [2.45, 2.75) is 0 Å². The molecular weight excluding hydrogens is 262 g/mol. The van der Waals surface area contributed by atoms with Gasteiger partial charge in [0.1, 0.15) is 5.69 Å². The maximum Gasteiger partial charge on any atom is 0.272 e. The highest BCUT2D eigenvalue weighted by molar-refractivity contribution is 6.31. The highest BCUT2D eigenvalue weighted by Crippen LogP contribution is 2.12. The monoisotopic (exact) mass is 271 g/mol. The van der Waals surface area contributed by atoms with Gasteiger partial charge in [0.2, 0.25) is 0 Å². The van der Waals surface area contributed by atoms with Crippen molar-refractivity contribution < 1.29 is 4.79 Å². The predicted molar refractivity (Wildman–Crippen MR) is 72.7 cm³/mol. The molecule has 0 saturated carbocycles. The van der Waals surface area contributed by atoms with Crippen molar-refractivity contribution in [3.05, 3.63) is 59.1 Å². The van der Waals surface area contributed by atoms with Gasteiger partial charge >= 0.3 is 0 Å². The van der Waals surface area contributed by atoms with Gasteiger partial charge in [0, 0.05) is 18.0 Å². The van der Waals surface area contributed by atoms with Gasteiger partial charge in [-0.3, -0.25) is 9.78 Å². The molecule has 0 bridgehead atoms. The number of carbonyl (C=O) groups is 1. The second-order valence-electron chi connectivity index (χ2n) is 3.55. The number of halogens is 1. The Balaban J connectivity index is 1.92. The number of carbonyl (C=O) groups excluding carboxylic acids is 1. The summed E-state index contributed by atoms with van der Waals surface area (Å²) in [6, 6.07) is 7.28. The minimum Gasteiger partial charge on any atom is -0.340 e. The Morgan fingerprint density at radius 1 is 1.32 bits per heavy atom. The zero-order valence-corrected chi connectivity index (χ0v) is 10.7. The van der Waals surface area contributed by atoms with Crippen LogP contribution < -0.4 is 5.32 Å². The molecule has 2 rings (SSSR count). The molecule has 0 aliphatic carbocycles. The minimum atomic E-state index is -0.304. The van der Waals surface area contributed by atoms with Crippen LogP contribution in [0.5, 0.6) is 0 Å². The van der Waals surface area contributed by atoms with E-state index in [0.717, 1.165) is 5.56 Å². The van der Waals surface area contributed by atoms with E-state index in [1.165, 1.54) is 18.6 Å². The lowest BCUT2D eigenvalue weighted by atomic mass is 10.2. The Kier molecular flexibility index (Phi) is 4.49. The Hall–Kier alpha value is -2.38. The van der Waals surface area contributed by atoms with Crippen LogP contribution in [0.15, 0.2) is 42.9 Å². The fourth-order valence-electron chi connectivity index (χ4n) is 1.33. The van der Waals surface area contributed by atoms with Gasteiger partial charge in [0.25, 0.3) is 5.91 Å². The Morgan fingerprint density at radius 2 is 2.16 bits per heavy atom. The summed E-state index contributed by atoms with van der Waals surface area (Å²) in [6.07, 6.45) is 4.37. The molecule has 0 radical (unpaired) electrons. The number of hydrogen-bond acceptors (Lipinski definition) is 3. The minimum absolute atomic E-state index is 0.223. The van der Waals surface area contributed by atoms with E-state index < -0.39 is 0 Å². The molecule has 2 aromatic rings. The molecule has 1 N–H and O–H groups in total. The molecule has 0 fully saturated rings. The fourth-order valence-corrected chi connectivity index (χ4v) is 1.52. The summed E-state index contributed by atoms with van der Waals surface area (Å²) in [5, 5.41) is 3.22. The highest BCUT2D eigenvalue weighted by atomic mass is 35.5. The van der Waals surface area contributed by atoms with Gasteiger partial charge in [-0.1, -0.05) is 35.6 Å². The predicted octanol–water partition coefficient (Wildman–Crippen LogP) is 1.91. The lowest BCUT2D eigenvalue weighted by molar-refractivity contribution is 0.0953. The van der Waals surface area contributed by atoms with Gasteiger partial charge in [-0.25, -0.2) is 4.98 Å². The first kappa shape index (κ1) is 13.1. The third-order valence-corrected chi connectivity index (χ3v) is 2.56. The van der Waals surface area contributed by atoms with E-state index in [1.807, 2.05) is 18.2 Å². The van der Waals surface area contributed by atoms with E-state index in [4.69, 9.17) is 11.6 Å². The molecule has 1 aromatic carbocycles. The number of aromatic nitrogens is 2. The molecule has 1 heterocycles. The number of hydrogen-bond donors (Lipinski definition) is 1. The van der Waals surface area contributed by atoms with E-state index in [-0.39, 0.29) is 18.1 Å². The zero-order chi connectivity index (χ0) is 13.5. The Bertz CT molecular complexity index is 632. The van der Waals surface area contributed by atoms with Crippen molar-refractivity contribution in [2.24, 2.45) is 0 Å². The van der Waals surface area contributed by atoms with Gasteiger partial charge < -0.3 is 5.32 Å². The number of rotatable bonds is 2. The van der Waals surface area contributed by atoms with E-state index in [2.05, 4.69) is 27.1 Å². The molecule has 0 saturated heterocycles. The van der Waals surface area contributed by atoms with E-state index in [1.54, 1.807) is 6.07 Å². The van der Waals surface area contributed by atoms with E-state index in [0.29, 0.717) is 5.02 Å². The van der Waals surface area contributed by atoms with Crippen LogP contribution in [0.1, 0.15) is 16.1 Å². The quantitative estimate of drug-likeness (QED) is 0.849. The van der Waals surface area contributed by atoms with Crippen molar-refractivity contribution in [1.82, 2.24) is 15.3 Å². The van der Waals surface area contributed by atoms with Gasteiger partial charge in [-0.05, 0) is 12.1 Å². The third kappa shape index (κ3) is 3.80. The van der Waals surface area contributed by atoms with Crippen LogP contribution in [0, 0.1) is 11.8 Å². The van der Waals surface area contributed by atoms with Gasteiger partial charge in [0.05, 0.1) is 17.8 Å². The summed E-state index contributed by atoms with van der Waals surface area (Å²) in [7, 11) is 0. The van der Waals surface area contributed by atoms with Crippen LogP contribution in [0.3, 0.4) is 0 Å². The maximum absolute atomic E-state index is 11.6. The number of nitrogens with zero attached hydrogens (tertiary/aromatic N) is 2. The molecule has 0 aliphatic heterocycles. The van der Waals surface area contributed by atoms with Crippen LogP contribution in [0.2, 0.25) is 5.02 Å². The first-order chi connectivity index (χ1) is 9.27. The molecule has 19 heavy (non-hydrogen) atoms. The highest BCUT2D eigenvalue weighted by Gasteiger charge is 2.04. The van der Waals surface area contributed by atoms with Crippen molar-refractivity contribution in [3.8, 4) is 11.8 Å². The number of amides is 1. The van der Waals surface area contributed by atoms with E-state index >= 15 is 0 Å². The molecule has 0 atom stereocenters. The van der Waals surface area contributed by atoms with Gasteiger partial charge in [0.15, 0.2) is 0 Å². The average Bonchev–Trinajstić information content (AvgIpc) is 2.46. The second-order valence-corrected chi connectivity index (χ2v) is 3.96. The fraction of sp³-hybridized carbons (Fsp3) is 0.0714. The summed E-state index contributed by atoms with van der Waals surface area (Å²) in [5.74, 6) is 5.41. The van der Waals surface area contributed by atoms with Gasteiger partial charge in [-0.15, -0.1) is 0 Å². The van der Waals surface area contributed by atoms with Crippen LogP contribution in [0.4, 0.5) is 0 Å². The lowest BCUT2D eigenvalue weighted by Gasteiger charge is -1.98. The molecule has 4 nitrogen and oxygen atoms in total. The first-order valence-electron chi connectivity index (χ1n) is 5.55. The number of nitrogens with one attached hydrogen (secondary N) is 1. The maximum atomic E-state index is 11.6. The topological polar surface area (TPSA) is 54.9 Å². The van der Waals surface area contributed by atoms with Crippen LogP contribution in [0.25, 0.3) is 0 Å². The summed E-state index contributed by atoms with van der Waals surface area (Å²) in [4.78, 5) is 19.3. The van der Waals surface area contributed by atoms with Crippen molar-refractivity contribution in [1.29, 1.82) is 0 Å². The third-order valence-electron chi connectivity index (χ3n) is 2.23. The Labute approximate surface area is 115 Å². The lowest BCUT2D eigenvalue weighted by Crippen LogP contribution is -2.24. The molecule has 0 aliphatic rings. The van der Waals surface area contributed by atoms with Crippen molar-refractivity contribution >= 4 is 17.5 Å². The van der Waals surface area contributed by atoms with Crippen molar-refractivity contribution in [2.75, 3.05) is 6.54 Å². The summed E-state index contributed by atoms with van der Waals surface area (Å²) < 4.78 is 0. The first-order valence-corrected chi connectivity index (χ1v) is 5.93. The van der Waals surface area contributed by atoms with E-state index in [9.17, 15) is 4.79 Å². The molecule has 94 valence electrons.